The van der Waals surface area contributed by atoms with Gasteiger partial charge in [0.05, 0.1) is 0 Å². The Bertz CT molecular complexity index is 591. The second kappa shape index (κ2) is 6.92. The van der Waals surface area contributed by atoms with Crippen molar-refractivity contribution in [2.24, 2.45) is 0 Å². The van der Waals surface area contributed by atoms with E-state index in [1.165, 1.54) is 44.3 Å². The van der Waals surface area contributed by atoms with E-state index in [0.29, 0.717) is 5.75 Å². The van der Waals surface area contributed by atoms with Crippen molar-refractivity contribution >= 4 is 10.8 Å². The first-order valence-electron chi connectivity index (χ1n) is 7.97. The summed E-state index contributed by atoms with van der Waals surface area (Å²) in [5, 5.41) is 15.9. The monoisotopic (exact) mass is 284 g/mol. The Hall–Kier alpha value is -1.58. The maximum absolute atomic E-state index is 10.1. The van der Waals surface area contributed by atoms with Crippen molar-refractivity contribution in [3.05, 3.63) is 42.0 Å². The van der Waals surface area contributed by atoms with Crippen LogP contribution in [0.1, 0.15) is 24.8 Å². The highest BCUT2D eigenvalue weighted by atomic mass is 16.3. The van der Waals surface area contributed by atoms with Crippen molar-refractivity contribution < 1.29 is 5.11 Å². The van der Waals surface area contributed by atoms with Gasteiger partial charge in [-0.2, -0.15) is 0 Å². The Morgan fingerprint density at radius 2 is 1.86 bits per heavy atom. The third-order valence-corrected chi connectivity index (χ3v) is 4.34. The molecule has 0 bridgehead atoms. The molecule has 0 saturated carbocycles. The molecule has 3 heteroatoms. The number of likely N-dealkylation sites (tertiary alicyclic amines) is 1. The van der Waals surface area contributed by atoms with Crippen molar-refractivity contribution in [2.75, 3.05) is 26.2 Å². The van der Waals surface area contributed by atoms with Crippen LogP contribution in [0, 0.1) is 0 Å². The van der Waals surface area contributed by atoms with E-state index >= 15 is 0 Å². The van der Waals surface area contributed by atoms with Gasteiger partial charge in [-0.15, -0.1) is 0 Å². The first-order chi connectivity index (χ1) is 10.3. The molecule has 2 aromatic rings. The number of benzene rings is 2. The average molecular weight is 284 g/mol. The van der Waals surface area contributed by atoms with Gasteiger partial charge in [0.25, 0.3) is 0 Å². The van der Waals surface area contributed by atoms with Crippen LogP contribution in [0.25, 0.3) is 10.8 Å². The number of fused-ring (bicyclic) bond motifs is 1. The van der Waals surface area contributed by atoms with E-state index in [-0.39, 0.29) is 0 Å². The van der Waals surface area contributed by atoms with Gasteiger partial charge >= 0.3 is 0 Å². The van der Waals surface area contributed by atoms with Crippen molar-refractivity contribution in [2.45, 2.75) is 25.8 Å². The van der Waals surface area contributed by atoms with Crippen molar-refractivity contribution in [1.29, 1.82) is 0 Å². The minimum absolute atomic E-state index is 0.390. The third-order valence-electron chi connectivity index (χ3n) is 4.34. The highest BCUT2D eigenvalue weighted by Crippen LogP contribution is 2.26. The maximum atomic E-state index is 10.1. The molecule has 112 valence electrons. The first kappa shape index (κ1) is 14.4. The van der Waals surface area contributed by atoms with Gasteiger partial charge in [-0.25, -0.2) is 0 Å². The molecular weight excluding hydrogens is 260 g/mol. The zero-order valence-corrected chi connectivity index (χ0v) is 12.5. The SMILES string of the molecule is Oc1ccc2ccccc2c1CNCCCN1CCCC1. The number of rotatable bonds is 6. The van der Waals surface area contributed by atoms with Crippen LogP contribution in [-0.2, 0) is 6.54 Å². The maximum Gasteiger partial charge on any atom is 0.120 e. The second-order valence-corrected chi connectivity index (χ2v) is 5.86. The minimum Gasteiger partial charge on any atom is -0.508 e. The van der Waals surface area contributed by atoms with Gasteiger partial charge < -0.3 is 15.3 Å². The number of nitrogens with zero attached hydrogens (tertiary/aromatic N) is 1. The summed E-state index contributed by atoms with van der Waals surface area (Å²) in [4.78, 5) is 2.54. The lowest BCUT2D eigenvalue weighted by Gasteiger charge is -2.15. The van der Waals surface area contributed by atoms with Crippen LogP contribution < -0.4 is 5.32 Å². The van der Waals surface area contributed by atoms with E-state index in [9.17, 15) is 5.11 Å². The molecule has 3 nitrogen and oxygen atoms in total. The molecule has 0 atom stereocenters. The Balaban J connectivity index is 1.54. The van der Waals surface area contributed by atoms with Crippen LogP contribution in [0.5, 0.6) is 5.75 Å². The van der Waals surface area contributed by atoms with Gasteiger partial charge in [0, 0.05) is 12.1 Å². The van der Waals surface area contributed by atoms with E-state index in [0.717, 1.165) is 24.0 Å². The molecule has 0 aliphatic carbocycles. The molecule has 21 heavy (non-hydrogen) atoms. The largest absolute Gasteiger partial charge is 0.508 e. The Morgan fingerprint density at radius 3 is 2.71 bits per heavy atom. The van der Waals surface area contributed by atoms with Crippen LogP contribution in [-0.4, -0.2) is 36.2 Å². The lowest BCUT2D eigenvalue weighted by atomic mass is 10.0. The van der Waals surface area contributed by atoms with Gasteiger partial charge in [0.1, 0.15) is 5.75 Å². The molecule has 0 amide bonds. The predicted molar refractivity (Wildman–Crippen MR) is 87.6 cm³/mol. The minimum atomic E-state index is 0.390. The summed E-state index contributed by atoms with van der Waals surface area (Å²) in [6, 6.07) is 12.0. The second-order valence-electron chi connectivity index (χ2n) is 5.86. The topological polar surface area (TPSA) is 35.5 Å². The molecule has 1 aliphatic heterocycles. The summed E-state index contributed by atoms with van der Waals surface area (Å²) in [5.74, 6) is 0.390. The summed E-state index contributed by atoms with van der Waals surface area (Å²) in [7, 11) is 0. The number of phenols is 1. The highest BCUT2D eigenvalue weighted by molar-refractivity contribution is 5.87. The summed E-state index contributed by atoms with van der Waals surface area (Å²) < 4.78 is 0. The van der Waals surface area contributed by atoms with Gasteiger partial charge in [-0.05, 0) is 62.3 Å². The van der Waals surface area contributed by atoms with E-state index in [4.69, 9.17) is 0 Å². The fraction of sp³-hybridized carbons (Fsp3) is 0.444. The molecule has 0 unspecified atom stereocenters. The van der Waals surface area contributed by atoms with E-state index in [2.05, 4.69) is 22.3 Å². The van der Waals surface area contributed by atoms with Crippen molar-refractivity contribution in [3.63, 3.8) is 0 Å². The smallest absolute Gasteiger partial charge is 0.120 e. The van der Waals surface area contributed by atoms with E-state index < -0.39 is 0 Å². The molecule has 0 aromatic heterocycles. The number of nitrogens with one attached hydrogen (secondary N) is 1. The Labute approximate surface area is 126 Å². The molecule has 2 N–H and O–H groups in total. The average Bonchev–Trinajstić information content (AvgIpc) is 3.02. The summed E-state index contributed by atoms with van der Waals surface area (Å²) in [6.07, 6.45) is 3.89. The van der Waals surface area contributed by atoms with Crippen LogP contribution >= 0.6 is 0 Å². The van der Waals surface area contributed by atoms with Gasteiger partial charge in [-0.3, -0.25) is 0 Å². The fourth-order valence-corrected chi connectivity index (χ4v) is 3.16. The van der Waals surface area contributed by atoms with E-state index in [1.54, 1.807) is 6.07 Å². The summed E-state index contributed by atoms with van der Waals surface area (Å²) >= 11 is 0. The number of hydrogen-bond acceptors (Lipinski definition) is 3. The molecule has 0 radical (unpaired) electrons. The first-order valence-corrected chi connectivity index (χ1v) is 7.97. The van der Waals surface area contributed by atoms with Gasteiger partial charge in [0.2, 0.25) is 0 Å². The van der Waals surface area contributed by atoms with Crippen LogP contribution in [0.2, 0.25) is 0 Å². The molecule has 0 spiro atoms. The van der Waals surface area contributed by atoms with Gasteiger partial charge in [0.15, 0.2) is 0 Å². The van der Waals surface area contributed by atoms with Crippen LogP contribution in [0.4, 0.5) is 0 Å². The molecule has 1 heterocycles. The summed E-state index contributed by atoms with van der Waals surface area (Å²) in [6.45, 7) is 5.45. The van der Waals surface area contributed by atoms with Crippen molar-refractivity contribution in [3.8, 4) is 5.75 Å². The van der Waals surface area contributed by atoms with Crippen LogP contribution in [0.15, 0.2) is 36.4 Å². The normalized spacial score (nSPS) is 15.8. The summed E-state index contributed by atoms with van der Waals surface area (Å²) in [5.41, 5.74) is 1.01. The van der Waals surface area contributed by atoms with E-state index in [1.807, 2.05) is 18.2 Å². The molecule has 3 rings (SSSR count). The fourth-order valence-electron chi connectivity index (χ4n) is 3.16. The van der Waals surface area contributed by atoms with Crippen LogP contribution in [0.3, 0.4) is 0 Å². The quantitative estimate of drug-likeness (QED) is 0.800. The Morgan fingerprint density at radius 1 is 1.05 bits per heavy atom. The zero-order valence-electron chi connectivity index (χ0n) is 12.5. The molecule has 1 saturated heterocycles. The number of hydrogen-bond donors (Lipinski definition) is 2. The standard InChI is InChI=1S/C18H24N2O/c21-18-9-8-15-6-1-2-7-16(15)17(18)14-19-10-5-13-20-11-3-4-12-20/h1-2,6-9,19,21H,3-5,10-14H2. The molecule has 1 aliphatic rings. The molecule has 1 fully saturated rings. The lowest BCUT2D eigenvalue weighted by molar-refractivity contribution is 0.331. The van der Waals surface area contributed by atoms with Crippen molar-refractivity contribution in [1.82, 2.24) is 10.2 Å². The molecular formula is C18H24N2O. The zero-order chi connectivity index (χ0) is 14.5. The number of aromatic hydroxyl groups is 1. The number of phenolic OH excluding ortho intramolecular Hbond substituents is 1. The lowest BCUT2D eigenvalue weighted by Crippen LogP contribution is -2.24. The third kappa shape index (κ3) is 3.55. The Kier molecular flexibility index (Phi) is 4.73. The molecule has 2 aromatic carbocycles. The predicted octanol–water partition coefficient (Wildman–Crippen LogP) is 3.12. The van der Waals surface area contributed by atoms with Gasteiger partial charge in [-0.1, -0.05) is 30.3 Å². The highest BCUT2D eigenvalue weighted by Gasteiger charge is 2.10.